The van der Waals surface area contributed by atoms with Crippen molar-refractivity contribution < 1.29 is 0 Å². The van der Waals surface area contributed by atoms with Gasteiger partial charge in [-0.05, 0) is 28.8 Å². The Labute approximate surface area is 114 Å². The van der Waals surface area contributed by atoms with Gasteiger partial charge in [-0.3, -0.25) is 5.10 Å². The molecular formula is C11H17BrN6. The quantitative estimate of drug-likeness (QED) is 0.724. The number of halogens is 1. The van der Waals surface area contributed by atoms with E-state index < -0.39 is 0 Å². The van der Waals surface area contributed by atoms with Gasteiger partial charge in [0, 0.05) is 31.4 Å². The molecule has 0 saturated carbocycles. The number of piperidine rings is 1. The Morgan fingerprint density at radius 1 is 1.33 bits per heavy atom. The number of aromatic nitrogens is 3. The fraction of sp³-hybridized carbons (Fsp3) is 0.455. The number of nitrogens with two attached hydrogens (primary N) is 2. The summed E-state index contributed by atoms with van der Waals surface area (Å²) in [4.78, 5) is 6.61. The number of rotatable bonds is 1. The molecule has 0 aliphatic carbocycles. The molecule has 1 fully saturated rings. The van der Waals surface area contributed by atoms with E-state index in [0.29, 0.717) is 11.9 Å². The zero-order valence-electron chi connectivity index (χ0n) is 10.0. The lowest BCUT2D eigenvalue weighted by Crippen LogP contribution is -2.39. The number of hydrogen-bond donors (Lipinski definition) is 3. The molecule has 1 aromatic heterocycles. The van der Waals surface area contributed by atoms with Gasteiger partial charge in [-0.1, -0.05) is 0 Å². The van der Waals surface area contributed by atoms with Crippen molar-refractivity contribution in [2.24, 2.45) is 5.73 Å². The van der Waals surface area contributed by atoms with E-state index in [2.05, 4.69) is 36.0 Å². The van der Waals surface area contributed by atoms with Gasteiger partial charge in [0.15, 0.2) is 0 Å². The topological polar surface area (TPSA) is 96.8 Å². The smallest absolute Gasteiger partial charge is 0.132 e. The first-order valence-electron chi connectivity index (χ1n) is 5.85. The molecule has 0 radical (unpaired) electrons. The number of H-pyrrole nitrogens is 1. The van der Waals surface area contributed by atoms with Gasteiger partial charge in [-0.2, -0.15) is 5.10 Å². The molecule has 1 aliphatic rings. The highest BCUT2D eigenvalue weighted by atomic mass is 79.9. The molecule has 1 aromatic rings. The van der Waals surface area contributed by atoms with Crippen LogP contribution in [0.2, 0.25) is 0 Å². The number of anilines is 2. The van der Waals surface area contributed by atoms with Crippen LogP contribution >= 0.6 is 15.9 Å². The average molecular weight is 313 g/mol. The molecule has 0 atom stereocenters. The molecule has 18 heavy (non-hydrogen) atoms. The average Bonchev–Trinajstić information content (AvgIpc) is 2.42. The van der Waals surface area contributed by atoms with E-state index >= 15 is 0 Å². The zero-order valence-corrected chi connectivity index (χ0v) is 11.6. The lowest BCUT2D eigenvalue weighted by atomic mass is 10.1. The Hall–Kier alpha value is -1.34. The minimum absolute atomic E-state index is 0.295. The van der Waals surface area contributed by atoms with Gasteiger partial charge in [-0.15, -0.1) is 0 Å². The van der Waals surface area contributed by atoms with Gasteiger partial charge in [-0.25, -0.2) is 4.98 Å². The predicted octanol–water partition coefficient (Wildman–Crippen LogP) is 1.20. The largest absolute Gasteiger partial charge is 0.384 e. The molecule has 6 nitrogen and oxygen atoms in total. The van der Waals surface area contributed by atoms with E-state index in [-0.39, 0.29) is 0 Å². The lowest BCUT2D eigenvalue weighted by molar-refractivity contribution is 0.499. The van der Waals surface area contributed by atoms with Crippen LogP contribution in [0.5, 0.6) is 0 Å². The van der Waals surface area contributed by atoms with E-state index in [1.165, 1.54) is 0 Å². The highest BCUT2D eigenvalue weighted by molar-refractivity contribution is 9.10. The molecule has 0 bridgehead atoms. The third kappa shape index (κ3) is 3.58. The summed E-state index contributed by atoms with van der Waals surface area (Å²) in [6.45, 7) is 1.80. The van der Waals surface area contributed by atoms with Crippen LogP contribution in [0.3, 0.4) is 0 Å². The number of nitrogens with one attached hydrogen (secondary N) is 1. The highest BCUT2D eigenvalue weighted by Crippen LogP contribution is 2.17. The second-order valence-electron chi connectivity index (χ2n) is 4.30. The van der Waals surface area contributed by atoms with Crippen molar-refractivity contribution in [2.45, 2.75) is 18.9 Å². The third-order valence-corrected chi connectivity index (χ3v) is 3.26. The molecule has 0 aromatic carbocycles. The van der Waals surface area contributed by atoms with E-state index in [0.717, 1.165) is 36.2 Å². The van der Waals surface area contributed by atoms with Crippen LogP contribution in [0.4, 0.5) is 11.6 Å². The van der Waals surface area contributed by atoms with Crippen molar-refractivity contribution in [1.29, 1.82) is 0 Å². The van der Waals surface area contributed by atoms with Gasteiger partial charge in [0.25, 0.3) is 0 Å². The first-order valence-corrected chi connectivity index (χ1v) is 6.64. The summed E-state index contributed by atoms with van der Waals surface area (Å²) in [7, 11) is 0. The van der Waals surface area contributed by atoms with Crippen molar-refractivity contribution >= 4 is 27.6 Å². The summed E-state index contributed by atoms with van der Waals surface area (Å²) in [6.07, 6.45) is 5.27. The van der Waals surface area contributed by atoms with Gasteiger partial charge in [0.1, 0.15) is 11.6 Å². The number of aromatic amines is 1. The Bertz CT molecular complexity index is 451. The first kappa shape index (κ1) is 13.1. The maximum atomic E-state index is 5.90. The van der Waals surface area contributed by atoms with E-state index in [9.17, 15) is 0 Å². The van der Waals surface area contributed by atoms with Crippen LogP contribution in [0, 0.1) is 0 Å². The fourth-order valence-corrected chi connectivity index (χ4v) is 2.04. The van der Waals surface area contributed by atoms with E-state index in [4.69, 9.17) is 11.5 Å². The normalized spacial score (nSPS) is 16.4. The van der Waals surface area contributed by atoms with Crippen LogP contribution < -0.4 is 16.4 Å². The third-order valence-electron chi connectivity index (χ3n) is 2.85. The van der Waals surface area contributed by atoms with Crippen molar-refractivity contribution in [3.8, 4) is 0 Å². The van der Waals surface area contributed by atoms with Gasteiger partial charge in [0.05, 0.1) is 10.7 Å². The van der Waals surface area contributed by atoms with E-state index in [1.54, 1.807) is 18.5 Å². The Morgan fingerprint density at radius 3 is 2.78 bits per heavy atom. The molecule has 0 spiro atoms. The maximum absolute atomic E-state index is 5.90. The van der Waals surface area contributed by atoms with Crippen LogP contribution in [0.25, 0.3) is 0 Å². The van der Waals surface area contributed by atoms with Gasteiger partial charge >= 0.3 is 0 Å². The van der Waals surface area contributed by atoms with Gasteiger partial charge < -0.3 is 16.4 Å². The second-order valence-corrected chi connectivity index (χ2v) is 5.21. The summed E-state index contributed by atoms with van der Waals surface area (Å²) in [5, 5.41) is 6.69. The first-order chi connectivity index (χ1) is 8.65. The van der Waals surface area contributed by atoms with Crippen molar-refractivity contribution in [2.75, 3.05) is 23.7 Å². The Balaban J connectivity index is 2.32. The molecule has 1 saturated heterocycles. The summed E-state index contributed by atoms with van der Waals surface area (Å²) in [5.74, 6) is 1.30. The summed E-state index contributed by atoms with van der Waals surface area (Å²) in [6, 6.07) is 2.08. The van der Waals surface area contributed by atoms with Crippen LogP contribution in [0.1, 0.15) is 12.8 Å². The lowest BCUT2D eigenvalue weighted by Gasteiger charge is -2.30. The fourth-order valence-electron chi connectivity index (χ4n) is 1.84. The molecule has 5 N–H and O–H groups in total. The summed E-state index contributed by atoms with van der Waals surface area (Å²) >= 11 is 3.35. The van der Waals surface area contributed by atoms with Crippen LogP contribution in [0.15, 0.2) is 22.9 Å². The molecule has 0 amide bonds. The minimum atomic E-state index is 0.295. The summed E-state index contributed by atoms with van der Waals surface area (Å²) < 4.78 is 0.782. The molecule has 2 heterocycles. The second kappa shape index (κ2) is 6.01. The number of hydrogen-bond acceptors (Lipinski definition) is 5. The number of nitrogen functional groups attached to an aromatic ring is 1. The van der Waals surface area contributed by atoms with Crippen LogP contribution in [-0.4, -0.2) is 34.3 Å². The summed E-state index contributed by atoms with van der Waals surface area (Å²) in [5.41, 5.74) is 11.7. The molecule has 2 rings (SSSR count). The van der Waals surface area contributed by atoms with Crippen molar-refractivity contribution in [3.05, 3.63) is 22.9 Å². The molecule has 7 heteroatoms. The van der Waals surface area contributed by atoms with Crippen molar-refractivity contribution in [1.82, 2.24) is 15.2 Å². The zero-order chi connectivity index (χ0) is 13.0. The van der Waals surface area contributed by atoms with E-state index in [1.807, 2.05) is 0 Å². The Morgan fingerprint density at radius 2 is 2.06 bits per heavy atom. The molecule has 98 valence electrons. The maximum Gasteiger partial charge on any atom is 0.132 e. The van der Waals surface area contributed by atoms with Gasteiger partial charge in [0.2, 0.25) is 0 Å². The highest BCUT2D eigenvalue weighted by Gasteiger charge is 2.16. The SMILES string of the molecule is Nc1cc(N2CCC(N)CC2)ncc(Br)cn[nH]1. The monoisotopic (exact) mass is 312 g/mol. The van der Waals surface area contributed by atoms with Crippen LogP contribution in [-0.2, 0) is 0 Å². The number of nitrogens with zero attached hydrogens (tertiary/aromatic N) is 3. The Kier molecular flexibility index (Phi) is 4.38. The van der Waals surface area contributed by atoms with Crippen molar-refractivity contribution in [3.63, 3.8) is 0 Å². The molecule has 0 unspecified atom stereocenters. The molecule has 1 aliphatic heterocycles. The standard InChI is InChI=1S/C11H17BrN6/c12-8-6-15-11(5-10(14)17-16-7-8)18-3-1-9(13)2-4-18/h5-7,9,17H,1-4,13-14H2. The molecular weight excluding hydrogens is 296 g/mol. The minimum Gasteiger partial charge on any atom is -0.384 e. The predicted molar refractivity (Wildman–Crippen MR) is 75.5 cm³/mol.